The monoisotopic (exact) mass is 207 g/mol. The second-order valence-corrected chi connectivity index (χ2v) is 3.35. The third-order valence-electron chi connectivity index (χ3n) is 2.08. The fraction of sp³-hybridized carbons (Fsp3) is 0.455. The van der Waals surface area contributed by atoms with E-state index in [2.05, 4.69) is 10.3 Å². The van der Waals surface area contributed by atoms with Crippen LogP contribution in [0, 0.1) is 0 Å². The van der Waals surface area contributed by atoms with Crippen molar-refractivity contribution in [1.29, 1.82) is 0 Å². The molecule has 4 heteroatoms. The van der Waals surface area contributed by atoms with Crippen LogP contribution in [-0.4, -0.2) is 35.9 Å². The fourth-order valence-electron chi connectivity index (χ4n) is 1.19. The number of nitrogens with zero attached hydrogens (tertiary/aromatic N) is 2. The van der Waals surface area contributed by atoms with Gasteiger partial charge in [0.1, 0.15) is 0 Å². The highest BCUT2D eigenvalue weighted by molar-refractivity contribution is 5.77. The molecule has 0 atom stereocenters. The van der Waals surface area contributed by atoms with E-state index in [1.54, 1.807) is 18.1 Å². The number of aromatic nitrogens is 1. The molecule has 0 unspecified atom stereocenters. The second kappa shape index (κ2) is 6.14. The van der Waals surface area contributed by atoms with Crippen molar-refractivity contribution >= 4 is 5.91 Å². The van der Waals surface area contributed by atoms with Gasteiger partial charge in [0.05, 0.1) is 18.8 Å². The van der Waals surface area contributed by atoms with Crippen LogP contribution in [-0.2, 0) is 11.3 Å². The lowest BCUT2D eigenvalue weighted by Gasteiger charge is -2.16. The highest BCUT2D eigenvalue weighted by Gasteiger charge is 2.08. The van der Waals surface area contributed by atoms with Gasteiger partial charge < -0.3 is 10.2 Å². The minimum Gasteiger partial charge on any atom is -0.339 e. The van der Waals surface area contributed by atoms with Crippen molar-refractivity contribution in [3.05, 3.63) is 30.1 Å². The third-order valence-corrected chi connectivity index (χ3v) is 2.08. The summed E-state index contributed by atoms with van der Waals surface area (Å²) in [5.41, 5.74) is 0.907. The van der Waals surface area contributed by atoms with E-state index in [9.17, 15) is 4.79 Å². The Morgan fingerprint density at radius 1 is 1.53 bits per heavy atom. The Morgan fingerprint density at radius 3 is 2.93 bits per heavy atom. The molecule has 82 valence electrons. The Labute approximate surface area is 90.3 Å². The summed E-state index contributed by atoms with van der Waals surface area (Å²) in [5.74, 6) is 0.0857. The maximum atomic E-state index is 11.5. The molecule has 15 heavy (non-hydrogen) atoms. The molecule has 0 aliphatic heterocycles. The molecule has 1 aromatic rings. The Bertz CT molecular complexity index is 300. The molecule has 0 aliphatic carbocycles. The van der Waals surface area contributed by atoms with Gasteiger partial charge >= 0.3 is 0 Å². The molecule has 0 radical (unpaired) electrons. The van der Waals surface area contributed by atoms with Crippen LogP contribution in [0.5, 0.6) is 0 Å². The van der Waals surface area contributed by atoms with Gasteiger partial charge in [-0.3, -0.25) is 9.78 Å². The molecule has 0 aliphatic rings. The summed E-state index contributed by atoms with van der Waals surface area (Å²) in [4.78, 5) is 17.4. The summed E-state index contributed by atoms with van der Waals surface area (Å²) in [6, 6.07) is 5.70. The normalized spacial score (nSPS) is 10.0. The molecular weight excluding hydrogens is 190 g/mol. The summed E-state index contributed by atoms with van der Waals surface area (Å²) in [6.45, 7) is 3.74. The number of carbonyl (C=O) groups excluding carboxylic acids is 1. The summed E-state index contributed by atoms with van der Waals surface area (Å²) in [7, 11) is 1.79. The van der Waals surface area contributed by atoms with Crippen LogP contribution in [0.2, 0.25) is 0 Å². The summed E-state index contributed by atoms with van der Waals surface area (Å²) in [6.07, 6.45) is 1.73. The maximum Gasteiger partial charge on any atom is 0.236 e. The van der Waals surface area contributed by atoms with Gasteiger partial charge in [-0.15, -0.1) is 0 Å². The number of pyridine rings is 1. The average Bonchev–Trinajstić information content (AvgIpc) is 2.27. The fourth-order valence-corrected chi connectivity index (χ4v) is 1.19. The highest BCUT2D eigenvalue weighted by atomic mass is 16.2. The number of likely N-dealkylation sites (N-methyl/N-ethyl adjacent to an activating group) is 2. The quantitative estimate of drug-likeness (QED) is 0.771. The van der Waals surface area contributed by atoms with E-state index in [0.29, 0.717) is 13.1 Å². The molecule has 4 nitrogen and oxygen atoms in total. The van der Waals surface area contributed by atoms with E-state index in [0.717, 1.165) is 12.2 Å². The van der Waals surface area contributed by atoms with E-state index in [1.807, 2.05) is 25.1 Å². The number of carbonyl (C=O) groups is 1. The number of rotatable bonds is 5. The van der Waals surface area contributed by atoms with Gasteiger partial charge in [0.25, 0.3) is 0 Å². The predicted octanol–water partition coefficient (Wildman–Crippen LogP) is 0.649. The van der Waals surface area contributed by atoms with Gasteiger partial charge in [0, 0.05) is 13.2 Å². The predicted molar refractivity (Wildman–Crippen MR) is 59.3 cm³/mol. The van der Waals surface area contributed by atoms with Crippen LogP contribution >= 0.6 is 0 Å². The zero-order valence-electron chi connectivity index (χ0n) is 9.23. The molecule has 0 fully saturated rings. The molecule has 1 rings (SSSR count). The van der Waals surface area contributed by atoms with E-state index in [-0.39, 0.29) is 5.91 Å². The Balaban J connectivity index is 2.41. The van der Waals surface area contributed by atoms with Crippen molar-refractivity contribution in [2.75, 3.05) is 20.1 Å². The number of nitrogens with one attached hydrogen (secondary N) is 1. The highest BCUT2D eigenvalue weighted by Crippen LogP contribution is 1.98. The Kier molecular flexibility index (Phi) is 4.77. The zero-order chi connectivity index (χ0) is 11.1. The molecule has 0 aromatic carbocycles. The zero-order valence-corrected chi connectivity index (χ0v) is 9.23. The lowest BCUT2D eigenvalue weighted by molar-refractivity contribution is -0.129. The molecule has 1 amide bonds. The Hall–Kier alpha value is -1.42. The summed E-state index contributed by atoms with van der Waals surface area (Å²) in [5, 5.41) is 3.00. The van der Waals surface area contributed by atoms with E-state index in [1.165, 1.54) is 0 Å². The van der Waals surface area contributed by atoms with Crippen molar-refractivity contribution in [2.24, 2.45) is 0 Å². The van der Waals surface area contributed by atoms with Crippen molar-refractivity contribution in [1.82, 2.24) is 15.2 Å². The van der Waals surface area contributed by atoms with Crippen molar-refractivity contribution in [2.45, 2.75) is 13.5 Å². The van der Waals surface area contributed by atoms with Crippen molar-refractivity contribution in [3.8, 4) is 0 Å². The third kappa shape index (κ3) is 4.08. The molecule has 1 N–H and O–H groups in total. The molecule has 1 heterocycles. The van der Waals surface area contributed by atoms with Crippen LogP contribution in [0.1, 0.15) is 12.6 Å². The number of hydrogen-bond donors (Lipinski definition) is 1. The molecule has 0 spiro atoms. The van der Waals surface area contributed by atoms with Crippen LogP contribution in [0.4, 0.5) is 0 Å². The van der Waals surface area contributed by atoms with Crippen LogP contribution in [0.3, 0.4) is 0 Å². The minimum atomic E-state index is 0.0857. The summed E-state index contributed by atoms with van der Waals surface area (Å²) < 4.78 is 0. The molecule has 0 saturated carbocycles. The molecule has 1 aromatic heterocycles. The first-order valence-corrected chi connectivity index (χ1v) is 5.08. The van der Waals surface area contributed by atoms with Gasteiger partial charge in [-0.2, -0.15) is 0 Å². The van der Waals surface area contributed by atoms with E-state index in [4.69, 9.17) is 0 Å². The SMILES string of the molecule is CCNCC(=O)N(C)Cc1ccccn1. The van der Waals surface area contributed by atoms with Gasteiger partial charge in [-0.1, -0.05) is 13.0 Å². The number of hydrogen-bond acceptors (Lipinski definition) is 3. The van der Waals surface area contributed by atoms with Crippen LogP contribution in [0.15, 0.2) is 24.4 Å². The van der Waals surface area contributed by atoms with Gasteiger partial charge in [0.2, 0.25) is 5.91 Å². The second-order valence-electron chi connectivity index (χ2n) is 3.35. The lowest BCUT2D eigenvalue weighted by Crippen LogP contribution is -2.35. The van der Waals surface area contributed by atoms with Crippen LogP contribution < -0.4 is 5.32 Å². The molecule has 0 bridgehead atoms. The minimum absolute atomic E-state index is 0.0857. The topological polar surface area (TPSA) is 45.2 Å². The van der Waals surface area contributed by atoms with Crippen molar-refractivity contribution < 1.29 is 4.79 Å². The lowest BCUT2D eigenvalue weighted by atomic mass is 10.3. The largest absolute Gasteiger partial charge is 0.339 e. The standard InChI is InChI=1S/C11H17N3O/c1-3-12-8-11(15)14(2)9-10-6-4-5-7-13-10/h4-7,12H,3,8-9H2,1-2H3. The van der Waals surface area contributed by atoms with Gasteiger partial charge in [-0.05, 0) is 18.7 Å². The van der Waals surface area contributed by atoms with Gasteiger partial charge in [-0.25, -0.2) is 0 Å². The first-order chi connectivity index (χ1) is 7.24. The summed E-state index contributed by atoms with van der Waals surface area (Å²) >= 11 is 0. The smallest absolute Gasteiger partial charge is 0.236 e. The van der Waals surface area contributed by atoms with Crippen molar-refractivity contribution in [3.63, 3.8) is 0 Å². The van der Waals surface area contributed by atoms with E-state index < -0.39 is 0 Å². The maximum absolute atomic E-state index is 11.5. The molecular formula is C11H17N3O. The Morgan fingerprint density at radius 2 is 2.33 bits per heavy atom. The number of amides is 1. The first kappa shape index (κ1) is 11.7. The molecule has 0 saturated heterocycles. The average molecular weight is 207 g/mol. The van der Waals surface area contributed by atoms with Crippen LogP contribution in [0.25, 0.3) is 0 Å². The van der Waals surface area contributed by atoms with Gasteiger partial charge in [0.15, 0.2) is 0 Å². The van der Waals surface area contributed by atoms with E-state index >= 15 is 0 Å². The first-order valence-electron chi connectivity index (χ1n) is 5.08.